The summed E-state index contributed by atoms with van der Waals surface area (Å²) in [5.74, 6) is -0.339. The number of ether oxygens (including phenoxy) is 2. The van der Waals surface area contributed by atoms with Gasteiger partial charge in [0.2, 0.25) is 0 Å². The van der Waals surface area contributed by atoms with Gasteiger partial charge in [0, 0.05) is 11.5 Å². The van der Waals surface area contributed by atoms with E-state index in [9.17, 15) is 14.7 Å². The lowest BCUT2D eigenvalue weighted by atomic mass is 10.1. The number of aromatic hydroxyl groups is 1. The van der Waals surface area contributed by atoms with Crippen LogP contribution in [0.4, 0.5) is 0 Å². The third-order valence-electron chi connectivity index (χ3n) is 3.69. The summed E-state index contributed by atoms with van der Waals surface area (Å²) < 4.78 is 10.3. The number of halogens is 1. The SMILES string of the molecule is COc1cc2[nH]c(=O)c(C(=O)NCC[NH2+]CCO)c(O)c2cc1OC.[Cl-]. The highest BCUT2D eigenvalue weighted by atomic mass is 35.5. The van der Waals surface area contributed by atoms with Gasteiger partial charge in [0.05, 0.1) is 46.0 Å². The first-order valence-corrected chi connectivity index (χ1v) is 7.75. The minimum Gasteiger partial charge on any atom is -1.00 e. The first kappa shape index (κ1) is 21.6. The van der Waals surface area contributed by atoms with Gasteiger partial charge in [-0.15, -0.1) is 0 Å². The molecule has 1 heterocycles. The van der Waals surface area contributed by atoms with Crippen molar-refractivity contribution in [1.82, 2.24) is 10.3 Å². The number of aromatic nitrogens is 1. The van der Waals surface area contributed by atoms with E-state index in [1.807, 2.05) is 5.32 Å². The summed E-state index contributed by atoms with van der Waals surface area (Å²) in [6, 6.07) is 3.01. The van der Waals surface area contributed by atoms with Gasteiger partial charge in [0.25, 0.3) is 11.5 Å². The summed E-state index contributed by atoms with van der Waals surface area (Å²) in [7, 11) is 2.90. The van der Waals surface area contributed by atoms with Crippen molar-refractivity contribution in [3.8, 4) is 17.2 Å². The summed E-state index contributed by atoms with van der Waals surface area (Å²) in [5.41, 5.74) is -0.732. The highest BCUT2D eigenvalue weighted by Crippen LogP contribution is 2.35. The summed E-state index contributed by atoms with van der Waals surface area (Å²) in [6.07, 6.45) is 0. The van der Waals surface area contributed by atoms with E-state index in [-0.39, 0.29) is 30.0 Å². The van der Waals surface area contributed by atoms with Gasteiger partial charge in [-0.2, -0.15) is 0 Å². The van der Waals surface area contributed by atoms with Crippen LogP contribution in [0.2, 0.25) is 0 Å². The Bertz CT molecular complexity index is 824. The molecule has 2 rings (SSSR count). The molecule has 0 saturated carbocycles. The number of methoxy groups -OCH3 is 2. The lowest BCUT2D eigenvalue weighted by molar-refractivity contribution is -0.654. The van der Waals surface area contributed by atoms with Gasteiger partial charge >= 0.3 is 0 Å². The molecule has 1 aromatic heterocycles. The van der Waals surface area contributed by atoms with Crippen molar-refractivity contribution in [1.29, 1.82) is 0 Å². The van der Waals surface area contributed by atoms with Gasteiger partial charge in [-0.3, -0.25) is 9.59 Å². The van der Waals surface area contributed by atoms with Crippen LogP contribution in [-0.4, -0.2) is 61.6 Å². The number of nitrogens with one attached hydrogen (secondary N) is 2. The molecule has 0 unspecified atom stereocenters. The lowest BCUT2D eigenvalue weighted by Crippen LogP contribution is -3.00. The number of pyridine rings is 1. The first-order valence-electron chi connectivity index (χ1n) is 7.75. The van der Waals surface area contributed by atoms with Crippen LogP contribution in [0.25, 0.3) is 10.9 Å². The number of aromatic amines is 1. The Morgan fingerprint density at radius 2 is 1.88 bits per heavy atom. The van der Waals surface area contributed by atoms with Crippen LogP contribution in [0, 0.1) is 0 Å². The van der Waals surface area contributed by atoms with Crippen molar-refractivity contribution in [2.45, 2.75) is 0 Å². The standard InChI is InChI=1S/C16H21N3O6.ClH/c1-24-11-7-9-10(8-12(11)25-2)19-16(23)13(14(9)21)15(22)18-4-3-17-5-6-20;/h7-8,17,20H,3-6H2,1-2H3,(H,18,22)(H2,19,21,23);1H. The molecule has 26 heavy (non-hydrogen) atoms. The number of carbonyl (C=O) groups is 1. The Morgan fingerprint density at radius 3 is 2.50 bits per heavy atom. The van der Waals surface area contributed by atoms with E-state index < -0.39 is 17.2 Å². The molecule has 0 aliphatic rings. The second-order valence-electron chi connectivity index (χ2n) is 5.28. The van der Waals surface area contributed by atoms with Crippen LogP contribution in [0.5, 0.6) is 17.2 Å². The van der Waals surface area contributed by atoms with Crippen molar-refractivity contribution in [3.05, 3.63) is 28.0 Å². The molecule has 0 fully saturated rings. The number of H-pyrrole nitrogens is 1. The number of aliphatic hydroxyl groups excluding tert-OH is 1. The highest BCUT2D eigenvalue weighted by Gasteiger charge is 2.20. The van der Waals surface area contributed by atoms with Gasteiger partial charge in [0.1, 0.15) is 11.3 Å². The van der Waals surface area contributed by atoms with E-state index in [1.165, 1.54) is 26.4 Å². The van der Waals surface area contributed by atoms with E-state index in [4.69, 9.17) is 14.6 Å². The third-order valence-corrected chi connectivity index (χ3v) is 3.69. The normalized spacial score (nSPS) is 10.3. The number of benzene rings is 1. The predicted molar refractivity (Wildman–Crippen MR) is 90.4 cm³/mol. The fraction of sp³-hybridized carbons (Fsp3) is 0.375. The van der Waals surface area contributed by atoms with Crippen LogP contribution < -0.4 is 38.1 Å². The molecule has 1 amide bonds. The smallest absolute Gasteiger partial charge is 0.265 e. The van der Waals surface area contributed by atoms with Crippen molar-refractivity contribution in [2.24, 2.45) is 0 Å². The lowest BCUT2D eigenvalue weighted by Gasteiger charge is -2.12. The number of quaternary nitrogens is 1. The van der Waals surface area contributed by atoms with E-state index >= 15 is 0 Å². The molecule has 0 aliphatic heterocycles. The maximum absolute atomic E-state index is 12.2. The van der Waals surface area contributed by atoms with E-state index in [2.05, 4.69) is 10.3 Å². The van der Waals surface area contributed by atoms with Crippen molar-refractivity contribution >= 4 is 16.8 Å². The molecule has 0 atom stereocenters. The van der Waals surface area contributed by atoms with Gasteiger partial charge in [-0.1, -0.05) is 0 Å². The largest absolute Gasteiger partial charge is 1.00 e. The number of nitrogens with two attached hydrogens (primary N) is 1. The molecule has 0 saturated heterocycles. The molecular formula is C16H22ClN3O6. The van der Waals surface area contributed by atoms with Crippen LogP contribution in [-0.2, 0) is 0 Å². The van der Waals surface area contributed by atoms with Gasteiger partial charge in [-0.25, -0.2) is 0 Å². The fourth-order valence-corrected chi connectivity index (χ4v) is 2.43. The average Bonchev–Trinajstić information content (AvgIpc) is 2.60. The quantitative estimate of drug-likeness (QED) is 0.290. The van der Waals surface area contributed by atoms with Gasteiger partial charge < -0.3 is 47.7 Å². The fourth-order valence-electron chi connectivity index (χ4n) is 2.43. The number of carbonyl (C=O) groups excluding carboxylic acids is 1. The highest BCUT2D eigenvalue weighted by molar-refractivity contribution is 6.02. The molecule has 0 spiro atoms. The number of amides is 1. The second kappa shape index (κ2) is 9.85. The first-order chi connectivity index (χ1) is 12.0. The second-order valence-corrected chi connectivity index (χ2v) is 5.28. The van der Waals surface area contributed by atoms with Gasteiger partial charge in [-0.05, 0) is 6.07 Å². The van der Waals surface area contributed by atoms with Gasteiger partial charge in [0.15, 0.2) is 11.5 Å². The molecule has 10 heteroatoms. The van der Waals surface area contributed by atoms with Crippen LogP contribution in [0.1, 0.15) is 10.4 Å². The molecule has 0 bridgehead atoms. The molecule has 0 aliphatic carbocycles. The van der Waals surface area contributed by atoms with E-state index in [0.29, 0.717) is 36.6 Å². The van der Waals surface area contributed by atoms with Crippen LogP contribution in [0.15, 0.2) is 16.9 Å². The molecule has 2 aromatic rings. The maximum atomic E-state index is 12.2. The summed E-state index contributed by atoms with van der Waals surface area (Å²) >= 11 is 0. The minimum atomic E-state index is -0.700. The molecule has 144 valence electrons. The number of fused-ring (bicyclic) bond motifs is 1. The molecular weight excluding hydrogens is 366 g/mol. The Labute approximate surface area is 155 Å². The van der Waals surface area contributed by atoms with Crippen LogP contribution >= 0.6 is 0 Å². The van der Waals surface area contributed by atoms with Crippen molar-refractivity contribution in [2.75, 3.05) is 40.5 Å². The topological polar surface area (TPSA) is 137 Å². The Morgan fingerprint density at radius 1 is 1.23 bits per heavy atom. The predicted octanol–water partition coefficient (Wildman–Crippen LogP) is -4.46. The average molecular weight is 388 g/mol. The maximum Gasteiger partial charge on any atom is 0.265 e. The zero-order valence-electron chi connectivity index (χ0n) is 14.5. The number of rotatable bonds is 8. The number of hydrogen-bond donors (Lipinski definition) is 5. The van der Waals surface area contributed by atoms with Crippen molar-refractivity contribution in [3.63, 3.8) is 0 Å². The molecule has 0 radical (unpaired) electrons. The Kier molecular flexibility index (Phi) is 8.17. The molecule has 1 aromatic carbocycles. The minimum absolute atomic E-state index is 0. The Balaban J connectivity index is 0.00000338. The van der Waals surface area contributed by atoms with E-state index in [0.717, 1.165) is 0 Å². The van der Waals surface area contributed by atoms with Crippen LogP contribution in [0.3, 0.4) is 0 Å². The zero-order valence-corrected chi connectivity index (χ0v) is 15.2. The summed E-state index contributed by atoms with van der Waals surface area (Å²) in [6.45, 7) is 1.41. The molecule has 6 N–H and O–H groups in total. The van der Waals surface area contributed by atoms with E-state index in [1.54, 1.807) is 0 Å². The Hall–Kier alpha value is -2.49. The summed E-state index contributed by atoms with van der Waals surface area (Å²) in [5, 5.41) is 23.8. The number of hydrogen-bond acceptors (Lipinski definition) is 6. The molecule has 9 nitrogen and oxygen atoms in total. The summed E-state index contributed by atoms with van der Waals surface area (Å²) in [4.78, 5) is 27.0. The number of aliphatic hydroxyl groups is 1. The monoisotopic (exact) mass is 387 g/mol. The third kappa shape index (κ3) is 4.57. The van der Waals surface area contributed by atoms with Crippen molar-refractivity contribution < 1.29 is 42.2 Å². The zero-order chi connectivity index (χ0) is 18.4.